The van der Waals surface area contributed by atoms with E-state index in [1.54, 1.807) is 14.0 Å². The van der Waals surface area contributed by atoms with Crippen LogP contribution in [0.1, 0.15) is 47.0 Å². The molecule has 1 amide bonds. The van der Waals surface area contributed by atoms with E-state index in [-0.39, 0.29) is 18.4 Å². The molecule has 23 heavy (non-hydrogen) atoms. The number of nitrogens with zero attached hydrogens (tertiary/aromatic N) is 2. The molecule has 0 aliphatic rings. The number of carbonyl (C=O) groups excluding carboxylic acids is 2. The molecule has 0 N–H and O–H groups in total. The van der Waals surface area contributed by atoms with Gasteiger partial charge in [-0.05, 0) is 60.7 Å². The average molecular weight is 330 g/mol. The number of esters is 1. The number of unbranched alkanes of at least 4 members (excludes halogenated alkanes) is 2. The van der Waals surface area contributed by atoms with E-state index in [1.165, 1.54) is 4.90 Å². The van der Waals surface area contributed by atoms with E-state index in [2.05, 4.69) is 4.90 Å². The Kier molecular flexibility index (Phi) is 9.88. The highest BCUT2D eigenvalue weighted by atomic mass is 16.6. The van der Waals surface area contributed by atoms with Gasteiger partial charge >= 0.3 is 12.1 Å². The van der Waals surface area contributed by atoms with Crippen LogP contribution in [0.3, 0.4) is 0 Å². The van der Waals surface area contributed by atoms with Crippen molar-refractivity contribution in [1.82, 2.24) is 9.80 Å². The monoisotopic (exact) mass is 330 g/mol. The summed E-state index contributed by atoms with van der Waals surface area (Å²) in [6, 6.07) is 0. The number of carbonyl (C=O) groups is 2. The van der Waals surface area contributed by atoms with Gasteiger partial charge in [-0.15, -0.1) is 0 Å². The highest BCUT2D eigenvalue weighted by molar-refractivity contribution is 5.74. The van der Waals surface area contributed by atoms with Crippen molar-refractivity contribution in [2.75, 3.05) is 40.8 Å². The van der Waals surface area contributed by atoms with Crippen LogP contribution >= 0.6 is 0 Å². The predicted molar refractivity (Wildman–Crippen MR) is 91.4 cm³/mol. The molecule has 6 heteroatoms. The van der Waals surface area contributed by atoms with Crippen molar-refractivity contribution >= 4 is 12.1 Å². The summed E-state index contributed by atoms with van der Waals surface area (Å²) in [7, 11) is 5.71. The molecule has 0 rings (SSSR count). The minimum atomic E-state index is -0.540. The summed E-state index contributed by atoms with van der Waals surface area (Å²) < 4.78 is 10.5. The smallest absolute Gasteiger partial charge is 0.410 e. The molecule has 0 unspecified atom stereocenters. The van der Waals surface area contributed by atoms with Crippen molar-refractivity contribution in [2.45, 2.75) is 52.6 Å². The largest absolute Gasteiger partial charge is 0.465 e. The molecule has 0 fully saturated rings. The van der Waals surface area contributed by atoms with Crippen molar-refractivity contribution in [3.05, 3.63) is 0 Å². The third-order valence-corrected chi connectivity index (χ3v) is 3.15. The predicted octanol–water partition coefficient (Wildman–Crippen LogP) is 2.76. The number of hydrogen-bond acceptors (Lipinski definition) is 5. The zero-order chi connectivity index (χ0) is 18.0. The van der Waals surface area contributed by atoms with Crippen LogP contribution in [0, 0.1) is 5.92 Å². The van der Waals surface area contributed by atoms with Gasteiger partial charge in [-0.3, -0.25) is 4.79 Å². The molecule has 0 radical (unpaired) electrons. The van der Waals surface area contributed by atoms with Gasteiger partial charge in [-0.2, -0.15) is 0 Å². The molecular weight excluding hydrogens is 296 g/mol. The summed E-state index contributed by atoms with van der Waals surface area (Å²) in [6.07, 6.45) is 2.58. The zero-order valence-electron chi connectivity index (χ0n) is 15.8. The van der Waals surface area contributed by atoms with Crippen LogP contribution in [0.15, 0.2) is 0 Å². The van der Waals surface area contributed by atoms with Crippen molar-refractivity contribution < 1.29 is 19.1 Å². The van der Waals surface area contributed by atoms with Crippen LogP contribution in [0.2, 0.25) is 0 Å². The molecule has 0 aliphatic carbocycles. The van der Waals surface area contributed by atoms with E-state index >= 15 is 0 Å². The van der Waals surface area contributed by atoms with Gasteiger partial charge in [0.15, 0.2) is 0 Å². The summed E-state index contributed by atoms with van der Waals surface area (Å²) in [5.74, 6) is -0.637. The van der Waals surface area contributed by atoms with Crippen molar-refractivity contribution in [2.24, 2.45) is 5.92 Å². The number of rotatable bonds is 9. The second-order valence-electron chi connectivity index (χ2n) is 7.29. The Morgan fingerprint density at radius 2 is 1.65 bits per heavy atom. The Morgan fingerprint density at radius 1 is 1.04 bits per heavy atom. The number of hydrogen-bond donors (Lipinski definition) is 0. The lowest BCUT2D eigenvalue weighted by Gasteiger charge is -2.26. The van der Waals surface area contributed by atoms with Gasteiger partial charge in [0.1, 0.15) is 5.60 Å². The van der Waals surface area contributed by atoms with Crippen LogP contribution in [-0.2, 0) is 14.3 Å². The lowest BCUT2D eigenvalue weighted by atomic mass is 10.1. The number of ether oxygens (including phenoxy) is 2. The standard InChI is InChI=1S/C17H34N2O4/c1-14(13-19(7)16(21)23-17(2,3)4)15(20)22-12-10-8-9-11-18(5)6/h14H,8-13H2,1-7H3/t14-/m1/s1. The Labute approximate surface area is 141 Å². The third-order valence-electron chi connectivity index (χ3n) is 3.15. The molecule has 0 aromatic carbocycles. The second-order valence-corrected chi connectivity index (χ2v) is 7.29. The molecule has 0 saturated heterocycles. The zero-order valence-corrected chi connectivity index (χ0v) is 15.8. The normalized spacial score (nSPS) is 12.9. The Bertz CT molecular complexity index is 364. The molecule has 0 aromatic rings. The van der Waals surface area contributed by atoms with E-state index in [0.717, 1.165) is 25.8 Å². The summed E-state index contributed by atoms with van der Waals surface area (Å²) in [5.41, 5.74) is -0.540. The maximum atomic E-state index is 11.9. The first kappa shape index (κ1) is 21.7. The van der Waals surface area contributed by atoms with E-state index in [0.29, 0.717) is 6.61 Å². The fraction of sp³-hybridized carbons (Fsp3) is 0.882. The van der Waals surface area contributed by atoms with Gasteiger partial charge < -0.3 is 19.3 Å². The molecule has 136 valence electrons. The summed E-state index contributed by atoms with van der Waals surface area (Å²) in [6.45, 7) is 8.97. The SMILES string of the molecule is C[C@H](CN(C)C(=O)OC(C)(C)C)C(=O)OCCCCCN(C)C. The molecule has 0 aromatic heterocycles. The van der Waals surface area contributed by atoms with E-state index < -0.39 is 11.7 Å². The highest BCUT2D eigenvalue weighted by Gasteiger charge is 2.23. The maximum absolute atomic E-state index is 11.9. The second kappa shape index (κ2) is 10.5. The van der Waals surface area contributed by atoms with Gasteiger partial charge in [0.25, 0.3) is 0 Å². The highest BCUT2D eigenvalue weighted by Crippen LogP contribution is 2.11. The third kappa shape index (κ3) is 11.9. The van der Waals surface area contributed by atoms with Crippen LogP contribution < -0.4 is 0 Å². The van der Waals surface area contributed by atoms with Crippen LogP contribution in [-0.4, -0.2) is 68.3 Å². The molecule has 0 bridgehead atoms. The Balaban J connectivity index is 3.95. The molecule has 0 aliphatic heterocycles. The summed E-state index contributed by atoms with van der Waals surface area (Å²) >= 11 is 0. The van der Waals surface area contributed by atoms with Crippen molar-refractivity contribution in [1.29, 1.82) is 0 Å². The maximum Gasteiger partial charge on any atom is 0.410 e. The molecule has 1 atom stereocenters. The minimum absolute atomic E-state index is 0.270. The molecule has 0 saturated carbocycles. The van der Waals surface area contributed by atoms with E-state index in [4.69, 9.17) is 9.47 Å². The molecular formula is C17H34N2O4. The fourth-order valence-corrected chi connectivity index (χ4v) is 1.92. The van der Waals surface area contributed by atoms with Crippen LogP contribution in [0.25, 0.3) is 0 Å². The minimum Gasteiger partial charge on any atom is -0.465 e. The molecule has 0 spiro atoms. The number of amides is 1. The molecule has 6 nitrogen and oxygen atoms in total. The van der Waals surface area contributed by atoms with Crippen molar-refractivity contribution in [3.8, 4) is 0 Å². The first-order chi connectivity index (χ1) is 10.5. The Morgan fingerprint density at radius 3 is 2.17 bits per heavy atom. The average Bonchev–Trinajstić information content (AvgIpc) is 2.39. The fourth-order valence-electron chi connectivity index (χ4n) is 1.92. The summed E-state index contributed by atoms with van der Waals surface area (Å²) in [4.78, 5) is 27.3. The topological polar surface area (TPSA) is 59.1 Å². The van der Waals surface area contributed by atoms with Gasteiger partial charge in [-0.25, -0.2) is 4.79 Å². The van der Waals surface area contributed by atoms with Crippen LogP contribution in [0.5, 0.6) is 0 Å². The lowest BCUT2D eigenvalue weighted by Crippen LogP contribution is -2.38. The first-order valence-electron chi connectivity index (χ1n) is 8.28. The quantitative estimate of drug-likeness (QED) is 0.480. The first-order valence-corrected chi connectivity index (χ1v) is 8.28. The lowest BCUT2D eigenvalue weighted by molar-refractivity contribution is -0.148. The van der Waals surface area contributed by atoms with Crippen LogP contribution in [0.4, 0.5) is 4.79 Å². The van der Waals surface area contributed by atoms with Crippen molar-refractivity contribution in [3.63, 3.8) is 0 Å². The van der Waals surface area contributed by atoms with Gasteiger partial charge in [0.2, 0.25) is 0 Å². The molecule has 0 heterocycles. The van der Waals surface area contributed by atoms with E-state index in [9.17, 15) is 9.59 Å². The van der Waals surface area contributed by atoms with Gasteiger partial charge in [0, 0.05) is 13.6 Å². The van der Waals surface area contributed by atoms with Gasteiger partial charge in [0.05, 0.1) is 12.5 Å². The van der Waals surface area contributed by atoms with E-state index in [1.807, 2.05) is 34.9 Å². The Hall–Kier alpha value is -1.30. The summed E-state index contributed by atoms with van der Waals surface area (Å²) in [5, 5.41) is 0. The van der Waals surface area contributed by atoms with Gasteiger partial charge in [-0.1, -0.05) is 6.92 Å².